The van der Waals surface area contributed by atoms with E-state index in [0.29, 0.717) is 6.54 Å². The van der Waals surface area contributed by atoms with Crippen LogP contribution < -0.4 is 10.6 Å². The Labute approximate surface area is 157 Å². The van der Waals surface area contributed by atoms with Crippen LogP contribution in [0.5, 0.6) is 0 Å². The standard InChI is InChI=1S/C17H30N4O.HI/c1-5-18-16(19-12-9-13-21(3)4)20-14-17(2,22)15-10-7-6-8-11-15;/h6-8,10-11,22H,5,9,12-14H2,1-4H3,(H2,18,19,20);1H. The van der Waals surface area contributed by atoms with Gasteiger partial charge in [-0.15, -0.1) is 24.0 Å². The molecule has 1 rings (SSSR count). The summed E-state index contributed by atoms with van der Waals surface area (Å²) in [7, 11) is 4.13. The topological polar surface area (TPSA) is 59.9 Å². The van der Waals surface area contributed by atoms with E-state index in [9.17, 15) is 5.11 Å². The smallest absolute Gasteiger partial charge is 0.191 e. The second-order valence-corrected chi connectivity index (χ2v) is 5.92. The van der Waals surface area contributed by atoms with Crippen LogP contribution in [0.2, 0.25) is 0 Å². The average molecular weight is 434 g/mol. The summed E-state index contributed by atoms with van der Waals surface area (Å²) in [5.41, 5.74) is -0.0880. The highest BCUT2D eigenvalue weighted by molar-refractivity contribution is 14.0. The number of hydrogen-bond donors (Lipinski definition) is 3. The number of benzene rings is 1. The lowest BCUT2D eigenvalue weighted by molar-refractivity contribution is 0.0672. The molecule has 0 spiro atoms. The predicted octanol–water partition coefficient (Wildman–Crippen LogP) is 2.02. The van der Waals surface area contributed by atoms with E-state index >= 15 is 0 Å². The van der Waals surface area contributed by atoms with E-state index in [1.54, 1.807) is 6.92 Å². The van der Waals surface area contributed by atoms with Crippen molar-refractivity contribution in [2.75, 3.05) is 40.3 Å². The first kappa shape index (κ1) is 22.1. The molecule has 0 radical (unpaired) electrons. The molecule has 3 N–H and O–H groups in total. The third-order valence-corrected chi connectivity index (χ3v) is 3.36. The minimum Gasteiger partial charge on any atom is -0.384 e. The molecule has 0 heterocycles. The summed E-state index contributed by atoms with van der Waals surface area (Å²) in [4.78, 5) is 6.67. The minimum absolute atomic E-state index is 0. The number of nitrogens with one attached hydrogen (secondary N) is 2. The van der Waals surface area contributed by atoms with E-state index in [4.69, 9.17) is 0 Å². The van der Waals surface area contributed by atoms with Gasteiger partial charge in [0, 0.05) is 13.1 Å². The van der Waals surface area contributed by atoms with Gasteiger partial charge in [-0.25, -0.2) is 4.99 Å². The second-order valence-electron chi connectivity index (χ2n) is 5.92. The molecule has 132 valence electrons. The van der Waals surface area contributed by atoms with E-state index in [1.165, 1.54) is 0 Å². The van der Waals surface area contributed by atoms with Crippen molar-refractivity contribution in [3.05, 3.63) is 35.9 Å². The van der Waals surface area contributed by atoms with Crippen molar-refractivity contribution in [2.45, 2.75) is 25.9 Å². The Kier molecular flexibility index (Phi) is 11.2. The molecule has 0 aliphatic carbocycles. The number of rotatable bonds is 8. The number of halogens is 1. The molecule has 1 aromatic rings. The number of guanidine groups is 1. The largest absolute Gasteiger partial charge is 0.384 e. The third kappa shape index (κ3) is 9.12. The fraction of sp³-hybridized carbons (Fsp3) is 0.588. The predicted molar refractivity (Wildman–Crippen MR) is 109 cm³/mol. The fourth-order valence-electron chi connectivity index (χ4n) is 2.07. The molecule has 0 fully saturated rings. The van der Waals surface area contributed by atoms with Gasteiger partial charge < -0.3 is 20.6 Å². The summed E-state index contributed by atoms with van der Waals surface area (Å²) >= 11 is 0. The molecule has 0 saturated heterocycles. The Morgan fingerprint density at radius 2 is 1.87 bits per heavy atom. The summed E-state index contributed by atoms with van der Waals surface area (Å²) in [5, 5.41) is 17.1. The molecular formula is C17H31IN4O. The molecular weight excluding hydrogens is 403 g/mol. The Morgan fingerprint density at radius 3 is 2.43 bits per heavy atom. The summed E-state index contributed by atoms with van der Waals surface area (Å²) in [6, 6.07) is 9.65. The molecule has 5 nitrogen and oxygen atoms in total. The molecule has 0 bridgehead atoms. The zero-order valence-corrected chi connectivity index (χ0v) is 17.0. The summed E-state index contributed by atoms with van der Waals surface area (Å²) < 4.78 is 0. The maximum absolute atomic E-state index is 10.6. The van der Waals surface area contributed by atoms with Gasteiger partial charge in [0.25, 0.3) is 0 Å². The van der Waals surface area contributed by atoms with Gasteiger partial charge >= 0.3 is 0 Å². The number of aliphatic imine (C=N–C) groups is 1. The van der Waals surface area contributed by atoms with Crippen LogP contribution in [0.25, 0.3) is 0 Å². The third-order valence-electron chi connectivity index (χ3n) is 3.36. The van der Waals surface area contributed by atoms with Crippen molar-refractivity contribution >= 4 is 29.9 Å². The van der Waals surface area contributed by atoms with Gasteiger partial charge in [0.05, 0.1) is 6.54 Å². The molecule has 0 aliphatic rings. The Hall–Kier alpha value is -0.860. The maximum atomic E-state index is 10.6. The van der Waals surface area contributed by atoms with Gasteiger partial charge in [0.2, 0.25) is 0 Å². The first-order chi connectivity index (χ1) is 10.5. The molecule has 1 aromatic carbocycles. The average Bonchev–Trinajstić information content (AvgIpc) is 2.49. The summed E-state index contributed by atoms with van der Waals surface area (Å²) in [6.45, 7) is 6.84. The molecule has 0 amide bonds. The van der Waals surface area contributed by atoms with Crippen molar-refractivity contribution in [2.24, 2.45) is 4.99 Å². The van der Waals surface area contributed by atoms with Crippen molar-refractivity contribution < 1.29 is 5.11 Å². The van der Waals surface area contributed by atoms with Crippen LogP contribution in [0.3, 0.4) is 0 Å². The molecule has 23 heavy (non-hydrogen) atoms. The Morgan fingerprint density at radius 1 is 1.22 bits per heavy atom. The molecule has 1 unspecified atom stereocenters. The van der Waals surface area contributed by atoms with Crippen molar-refractivity contribution in [1.29, 1.82) is 0 Å². The van der Waals surface area contributed by atoms with Gasteiger partial charge in [-0.3, -0.25) is 0 Å². The zero-order valence-electron chi connectivity index (χ0n) is 14.7. The highest BCUT2D eigenvalue weighted by atomic mass is 127. The van der Waals surface area contributed by atoms with E-state index in [0.717, 1.165) is 37.6 Å². The van der Waals surface area contributed by atoms with Gasteiger partial charge in [0.15, 0.2) is 5.96 Å². The minimum atomic E-state index is -0.965. The van der Waals surface area contributed by atoms with E-state index in [2.05, 4.69) is 34.6 Å². The highest BCUT2D eigenvalue weighted by Crippen LogP contribution is 2.20. The van der Waals surface area contributed by atoms with Crippen LogP contribution in [-0.4, -0.2) is 56.2 Å². The SMILES string of the molecule is CCNC(=NCC(C)(O)c1ccccc1)NCCCN(C)C.I. The van der Waals surface area contributed by atoms with E-state index in [-0.39, 0.29) is 24.0 Å². The monoisotopic (exact) mass is 434 g/mol. The molecule has 6 heteroatoms. The van der Waals surface area contributed by atoms with E-state index < -0.39 is 5.60 Å². The normalized spacial score (nSPS) is 14.1. The van der Waals surface area contributed by atoms with Gasteiger partial charge in [-0.1, -0.05) is 30.3 Å². The summed E-state index contributed by atoms with van der Waals surface area (Å²) in [5.74, 6) is 0.748. The first-order valence-electron chi connectivity index (χ1n) is 7.90. The van der Waals surface area contributed by atoms with Crippen LogP contribution in [-0.2, 0) is 5.60 Å². The van der Waals surface area contributed by atoms with Crippen LogP contribution in [0.4, 0.5) is 0 Å². The lowest BCUT2D eigenvalue weighted by Gasteiger charge is -2.22. The lowest BCUT2D eigenvalue weighted by Crippen LogP contribution is -2.39. The van der Waals surface area contributed by atoms with Crippen molar-refractivity contribution in [1.82, 2.24) is 15.5 Å². The maximum Gasteiger partial charge on any atom is 0.191 e. The molecule has 1 atom stereocenters. The fourth-order valence-corrected chi connectivity index (χ4v) is 2.07. The Bertz CT molecular complexity index is 449. The molecule has 0 saturated carbocycles. The lowest BCUT2D eigenvalue weighted by atomic mass is 9.96. The van der Waals surface area contributed by atoms with Crippen LogP contribution in [0, 0.1) is 0 Å². The summed E-state index contributed by atoms with van der Waals surface area (Å²) in [6.07, 6.45) is 1.05. The van der Waals surface area contributed by atoms with E-state index in [1.807, 2.05) is 37.3 Å². The molecule has 0 aromatic heterocycles. The van der Waals surface area contributed by atoms with Crippen LogP contribution in [0.1, 0.15) is 25.8 Å². The van der Waals surface area contributed by atoms with Gasteiger partial charge in [-0.05, 0) is 46.5 Å². The number of aliphatic hydroxyl groups is 1. The molecule has 0 aliphatic heterocycles. The van der Waals surface area contributed by atoms with Gasteiger partial charge in [0.1, 0.15) is 5.60 Å². The van der Waals surface area contributed by atoms with Crippen molar-refractivity contribution in [3.8, 4) is 0 Å². The Balaban J connectivity index is 0.00000484. The quantitative estimate of drug-likeness (QED) is 0.254. The van der Waals surface area contributed by atoms with Crippen LogP contribution in [0.15, 0.2) is 35.3 Å². The number of nitrogens with zero attached hydrogens (tertiary/aromatic N) is 2. The number of hydrogen-bond acceptors (Lipinski definition) is 3. The van der Waals surface area contributed by atoms with Crippen LogP contribution >= 0.6 is 24.0 Å². The highest BCUT2D eigenvalue weighted by Gasteiger charge is 2.22. The second kappa shape index (κ2) is 11.6. The van der Waals surface area contributed by atoms with Crippen molar-refractivity contribution in [3.63, 3.8) is 0 Å². The van der Waals surface area contributed by atoms with Gasteiger partial charge in [-0.2, -0.15) is 0 Å². The first-order valence-corrected chi connectivity index (χ1v) is 7.90. The zero-order chi connectivity index (χ0) is 16.4.